The van der Waals surface area contributed by atoms with Crippen LogP contribution in [0.25, 0.3) is 0 Å². The maximum absolute atomic E-state index is 13.1. The van der Waals surface area contributed by atoms with Crippen LogP contribution in [0.3, 0.4) is 0 Å². The number of nitrogens with zero attached hydrogens (tertiary/aromatic N) is 1. The van der Waals surface area contributed by atoms with Crippen LogP contribution < -0.4 is 0 Å². The Morgan fingerprint density at radius 1 is 1.16 bits per heavy atom. The van der Waals surface area contributed by atoms with Gasteiger partial charge in [0.05, 0.1) is 5.56 Å². The second kappa shape index (κ2) is 7.23. The first kappa shape index (κ1) is 18.4. The van der Waals surface area contributed by atoms with Crippen molar-refractivity contribution < 1.29 is 9.53 Å². The zero-order chi connectivity index (χ0) is 17.6. The van der Waals surface area contributed by atoms with Gasteiger partial charge >= 0.3 is 5.97 Å². The zero-order valence-corrected chi connectivity index (χ0v) is 19.8. The third-order valence-corrected chi connectivity index (χ3v) is 8.81. The molecule has 0 radical (unpaired) electrons. The van der Waals surface area contributed by atoms with Crippen molar-refractivity contribution in [2.75, 3.05) is 19.6 Å². The smallest absolute Gasteiger partial charge is 0.340 e. The lowest BCUT2D eigenvalue weighted by Crippen LogP contribution is -2.44. The number of esters is 1. The molecule has 3 unspecified atom stereocenters. The van der Waals surface area contributed by atoms with Crippen molar-refractivity contribution in [3.8, 4) is 0 Å². The van der Waals surface area contributed by atoms with E-state index in [2.05, 4.69) is 90.9 Å². The highest BCUT2D eigenvalue weighted by Gasteiger charge is 2.54. The highest BCUT2D eigenvalue weighted by Crippen LogP contribution is 2.46. The largest absolute Gasteiger partial charge is 0.449 e. The molecule has 3 nitrogen and oxygen atoms in total. The number of carbonyl (C=O) groups is 1. The Bertz CT molecular complexity index is 827. The summed E-state index contributed by atoms with van der Waals surface area (Å²) < 4.78 is 9.41. The molecule has 2 heterocycles. The van der Waals surface area contributed by atoms with Crippen molar-refractivity contribution >= 4 is 73.7 Å². The lowest BCUT2D eigenvalue weighted by atomic mass is 9.81. The molecule has 3 atom stereocenters. The molecule has 2 fully saturated rings. The minimum atomic E-state index is -0.521. The van der Waals surface area contributed by atoms with Gasteiger partial charge < -0.3 is 4.74 Å². The van der Waals surface area contributed by atoms with Crippen LogP contribution in [0.1, 0.15) is 22.3 Å². The quantitative estimate of drug-likeness (QED) is 0.265. The molecule has 0 N–H and O–H groups in total. The van der Waals surface area contributed by atoms with Crippen LogP contribution in [0.5, 0.6) is 0 Å². The van der Waals surface area contributed by atoms with E-state index in [0.29, 0.717) is 11.5 Å². The molecule has 2 aromatic rings. The molecule has 130 valence electrons. The van der Waals surface area contributed by atoms with Crippen LogP contribution >= 0.6 is 67.8 Å². The molecular weight excluding hydrogens is 655 g/mol. The molecule has 6 heteroatoms. The predicted molar refractivity (Wildman–Crippen MR) is 123 cm³/mol. The van der Waals surface area contributed by atoms with Gasteiger partial charge in [-0.15, -0.1) is 0 Å². The van der Waals surface area contributed by atoms with Crippen molar-refractivity contribution in [2.45, 2.75) is 12.0 Å². The molecule has 2 saturated heterocycles. The molecule has 0 aromatic heterocycles. The van der Waals surface area contributed by atoms with Crippen LogP contribution in [-0.4, -0.2) is 30.5 Å². The van der Waals surface area contributed by atoms with E-state index in [1.165, 1.54) is 0 Å². The van der Waals surface area contributed by atoms with Crippen molar-refractivity contribution in [1.29, 1.82) is 0 Å². The van der Waals surface area contributed by atoms with E-state index < -0.39 is 5.60 Å². The number of benzene rings is 2. The molecular formula is C19H16I3NO2. The molecule has 2 aliphatic rings. The maximum atomic E-state index is 13.1. The molecule has 25 heavy (non-hydrogen) atoms. The van der Waals surface area contributed by atoms with Crippen molar-refractivity contribution in [3.05, 3.63) is 64.3 Å². The number of hydrogen-bond donors (Lipinski definition) is 0. The number of ether oxygens (including phenoxy) is 1. The Morgan fingerprint density at radius 3 is 2.56 bits per heavy atom. The van der Waals surface area contributed by atoms with Gasteiger partial charge in [-0.25, -0.2) is 4.79 Å². The normalized spacial score (nSPS) is 27.5. The first-order valence-electron chi connectivity index (χ1n) is 8.15. The third-order valence-electron chi connectivity index (χ3n) is 5.14. The number of fused-ring (bicyclic) bond motifs is 2. The van der Waals surface area contributed by atoms with Crippen LogP contribution in [0.4, 0.5) is 0 Å². The minimum absolute atomic E-state index is 0.210. The van der Waals surface area contributed by atoms with E-state index in [9.17, 15) is 4.79 Å². The summed E-state index contributed by atoms with van der Waals surface area (Å²) in [6, 6.07) is 14.3. The third kappa shape index (κ3) is 3.36. The summed E-state index contributed by atoms with van der Waals surface area (Å²) in [7, 11) is 0. The summed E-state index contributed by atoms with van der Waals surface area (Å²) in [6.45, 7) is 2.92. The lowest BCUT2D eigenvalue weighted by molar-refractivity contribution is -0.0472. The number of piperidine rings is 1. The summed E-state index contributed by atoms with van der Waals surface area (Å²) >= 11 is 6.78. The zero-order valence-electron chi connectivity index (χ0n) is 13.3. The molecule has 4 rings (SSSR count). The monoisotopic (exact) mass is 671 g/mol. The van der Waals surface area contributed by atoms with E-state index >= 15 is 0 Å². The fourth-order valence-corrected chi connectivity index (χ4v) is 6.34. The Balaban J connectivity index is 1.72. The van der Waals surface area contributed by atoms with Crippen LogP contribution in [-0.2, 0) is 10.3 Å². The second-order valence-corrected chi connectivity index (χ2v) is 10.1. The van der Waals surface area contributed by atoms with Crippen LogP contribution in [0, 0.1) is 16.6 Å². The van der Waals surface area contributed by atoms with E-state index in [1.54, 1.807) is 0 Å². The average Bonchev–Trinajstić information content (AvgIpc) is 3.20. The maximum Gasteiger partial charge on any atom is 0.340 e. The number of rotatable bonds is 3. The molecule has 2 bridgehead atoms. The van der Waals surface area contributed by atoms with E-state index in [0.717, 1.165) is 42.3 Å². The van der Waals surface area contributed by atoms with Crippen LogP contribution in [0.15, 0.2) is 42.5 Å². The summed E-state index contributed by atoms with van der Waals surface area (Å²) in [6.07, 6.45) is 1.09. The minimum Gasteiger partial charge on any atom is -0.449 e. The standard InChI is InChI=1S/C19H16I3NO2/c20-14-8-15(17(22)16(21)9-14)18(24)25-19(12-4-2-1-3-5-12)11-23-7-6-13(19)10-23/h1-5,8-9,13H,6-7,10-11H2. The predicted octanol–water partition coefficient (Wildman–Crippen LogP) is 4.89. The summed E-state index contributed by atoms with van der Waals surface area (Å²) in [5.74, 6) is 0.164. The van der Waals surface area contributed by atoms with Gasteiger partial charge in [0, 0.05) is 29.7 Å². The van der Waals surface area contributed by atoms with Crippen molar-refractivity contribution in [3.63, 3.8) is 0 Å². The van der Waals surface area contributed by atoms with Gasteiger partial charge in [0.1, 0.15) is 0 Å². The summed E-state index contributed by atoms with van der Waals surface area (Å²) in [5.41, 5.74) is 1.27. The van der Waals surface area contributed by atoms with E-state index in [-0.39, 0.29) is 5.97 Å². The highest BCUT2D eigenvalue weighted by atomic mass is 127. The van der Waals surface area contributed by atoms with Gasteiger partial charge in [-0.3, -0.25) is 4.90 Å². The topological polar surface area (TPSA) is 29.5 Å². The van der Waals surface area contributed by atoms with E-state index in [4.69, 9.17) is 4.74 Å². The number of halogens is 3. The first-order chi connectivity index (χ1) is 12.0. The lowest BCUT2D eigenvalue weighted by Gasteiger charge is -2.37. The number of carbonyl (C=O) groups excluding carboxylic acids is 1. The Labute approximate surface area is 188 Å². The van der Waals surface area contributed by atoms with Gasteiger partial charge in [0.15, 0.2) is 5.60 Å². The molecule has 0 aliphatic carbocycles. The molecule has 2 aliphatic heterocycles. The highest BCUT2D eigenvalue weighted by molar-refractivity contribution is 14.1. The van der Waals surface area contributed by atoms with Gasteiger partial charge in [0.2, 0.25) is 0 Å². The Kier molecular flexibility index (Phi) is 5.33. The summed E-state index contributed by atoms with van der Waals surface area (Å²) in [4.78, 5) is 15.5. The average molecular weight is 671 g/mol. The first-order valence-corrected chi connectivity index (χ1v) is 11.4. The molecule has 2 aromatic carbocycles. The summed E-state index contributed by atoms with van der Waals surface area (Å²) in [5, 5.41) is 0. The Morgan fingerprint density at radius 2 is 1.92 bits per heavy atom. The van der Waals surface area contributed by atoms with Gasteiger partial charge in [-0.2, -0.15) is 0 Å². The molecule has 0 saturated carbocycles. The van der Waals surface area contributed by atoms with Crippen molar-refractivity contribution in [2.24, 2.45) is 5.92 Å². The molecule has 0 spiro atoms. The van der Waals surface area contributed by atoms with E-state index in [1.807, 2.05) is 24.3 Å². The van der Waals surface area contributed by atoms with Gasteiger partial charge in [0.25, 0.3) is 0 Å². The second-order valence-electron chi connectivity index (χ2n) is 6.61. The fraction of sp³-hybridized carbons (Fsp3) is 0.316. The van der Waals surface area contributed by atoms with Crippen molar-refractivity contribution in [1.82, 2.24) is 4.90 Å². The van der Waals surface area contributed by atoms with Gasteiger partial charge in [-0.1, -0.05) is 30.3 Å². The Hall–Kier alpha value is 0.0600. The number of hydrogen-bond acceptors (Lipinski definition) is 3. The molecule has 0 amide bonds. The SMILES string of the molecule is O=C(OC1(c2ccccc2)CN2CCC1C2)c1cc(I)cc(I)c1I. The van der Waals surface area contributed by atoms with Crippen LogP contribution in [0.2, 0.25) is 0 Å². The fourth-order valence-electron chi connectivity index (χ4n) is 3.96. The van der Waals surface area contributed by atoms with Gasteiger partial charge in [-0.05, 0) is 98.4 Å².